The average molecular weight is 236 g/mol. The summed E-state index contributed by atoms with van der Waals surface area (Å²) in [4.78, 5) is 17.8. The molecule has 1 aromatic rings. The molecule has 0 radical (unpaired) electrons. The molecule has 2 rings (SSSR count). The monoisotopic (exact) mass is 236 g/mol. The molecule has 2 heterocycles. The Labute approximate surface area is 100 Å². The number of carbonyl (C=O) groups excluding carboxylic acids is 1. The normalized spacial score (nSPS) is 19.2. The molecule has 92 valence electrons. The molecule has 5 heteroatoms. The van der Waals surface area contributed by atoms with Gasteiger partial charge < -0.3 is 14.4 Å². The predicted octanol–water partition coefficient (Wildman–Crippen LogP) is 1.09. The van der Waals surface area contributed by atoms with Crippen molar-refractivity contribution < 1.29 is 14.3 Å². The maximum absolute atomic E-state index is 11.4. The maximum Gasteiger partial charge on any atom is 0.310 e. The van der Waals surface area contributed by atoms with Crippen molar-refractivity contribution in [1.29, 1.82) is 0 Å². The summed E-state index contributed by atoms with van der Waals surface area (Å²) in [6.07, 6.45) is 2.52. The highest BCUT2D eigenvalue weighted by Gasteiger charge is 2.30. The van der Waals surface area contributed by atoms with Crippen LogP contribution in [0.2, 0.25) is 0 Å². The summed E-state index contributed by atoms with van der Waals surface area (Å²) >= 11 is 0. The number of rotatable bonds is 3. The summed E-state index contributed by atoms with van der Waals surface area (Å²) in [5.41, 5.74) is 0. The lowest BCUT2D eigenvalue weighted by Crippen LogP contribution is -2.24. The first-order valence-corrected chi connectivity index (χ1v) is 5.58. The summed E-state index contributed by atoms with van der Waals surface area (Å²) in [6.45, 7) is 1.44. The summed E-state index contributed by atoms with van der Waals surface area (Å²) < 4.78 is 10.0. The lowest BCUT2D eigenvalue weighted by molar-refractivity contribution is -0.144. The molecule has 1 fully saturated rings. The number of esters is 1. The van der Waals surface area contributed by atoms with Gasteiger partial charge in [0.15, 0.2) is 11.6 Å². The van der Waals surface area contributed by atoms with Crippen LogP contribution in [0.1, 0.15) is 6.42 Å². The third-order valence-electron chi connectivity index (χ3n) is 2.99. The smallest absolute Gasteiger partial charge is 0.310 e. The predicted molar refractivity (Wildman–Crippen MR) is 63.1 cm³/mol. The lowest BCUT2D eigenvalue weighted by atomic mass is 10.1. The van der Waals surface area contributed by atoms with Crippen LogP contribution in [0.15, 0.2) is 18.3 Å². The van der Waals surface area contributed by atoms with E-state index in [-0.39, 0.29) is 11.9 Å². The van der Waals surface area contributed by atoms with Gasteiger partial charge in [-0.1, -0.05) is 0 Å². The molecule has 0 saturated carbocycles. The zero-order valence-electron chi connectivity index (χ0n) is 10.0. The lowest BCUT2D eigenvalue weighted by Gasteiger charge is -2.19. The molecular formula is C12H16N2O3. The van der Waals surface area contributed by atoms with Crippen molar-refractivity contribution in [2.75, 3.05) is 32.2 Å². The van der Waals surface area contributed by atoms with Crippen molar-refractivity contribution >= 4 is 11.8 Å². The number of carbonyl (C=O) groups is 1. The Morgan fingerprint density at radius 3 is 3.06 bits per heavy atom. The van der Waals surface area contributed by atoms with Crippen LogP contribution in [0.4, 0.5) is 5.82 Å². The van der Waals surface area contributed by atoms with Gasteiger partial charge in [0.05, 0.1) is 20.1 Å². The number of pyridine rings is 1. The number of hydrogen-bond donors (Lipinski definition) is 0. The Kier molecular flexibility index (Phi) is 3.46. The Morgan fingerprint density at radius 2 is 2.35 bits per heavy atom. The molecule has 1 aromatic heterocycles. The summed E-state index contributed by atoms with van der Waals surface area (Å²) in [7, 11) is 3.04. The number of hydrogen-bond acceptors (Lipinski definition) is 5. The fraction of sp³-hybridized carbons (Fsp3) is 0.500. The number of nitrogens with zero attached hydrogens (tertiary/aromatic N) is 2. The first kappa shape index (κ1) is 11.7. The van der Waals surface area contributed by atoms with Gasteiger partial charge in [-0.25, -0.2) is 4.98 Å². The summed E-state index contributed by atoms with van der Waals surface area (Å²) in [5.74, 6) is 1.31. The van der Waals surface area contributed by atoms with Crippen LogP contribution in [-0.4, -0.2) is 38.3 Å². The topological polar surface area (TPSA) is 51.7 Å². The van der Waals surface area contributed by atoms with Gasteiger partial charge in [-0.3, -0.25) is 4.79 Å². The molecule has 0 aliphatic carbocycles. The maximum atomic E-state index is 11.4. The van der Waals surface area contributed by atoms with E-state index in [4.69, 9.17) is 9.47 Å². The molecule has 1 aliphatic heterocycles. The summed E-state index contributed by atoms with van der Waals surface area (Å²) in [5, 5.41) is 0. The highest BCUT2D eigenvalue weighted by atomic mass is 16.5. The van der Waals surface area contributed by atoms with Gasteiger partial charge in [0.2, 0.25) is 0 Å². The van der Waals surface area contributed by atoms with Crippen LogP contribution in [0.3, 0.4) is 0 Å². The molecule has 0 amide bonds. The molecular weight excluding hydrogens is 220 g/mol. The second-order valence-corrected chi connectivity index (χ2v) is 3.98. The number of methoxy groups -OCH3 is 2. The van der Waals surface area contributed by atoms with Crippen LogP contribution in [0.25, 0.3) is 0 Å². The largest absolute Gasteiger partial charge is 0.493 e. The molecule has 1 unspecified atom stereocenters. The molecule has 1 atom stereocenters. The van der Waals surface area contributed by atoms with Crippen molar-refractivity contribution in [3.8, 4) is 5.75 Å². The molecule has 0 aromatic carbocycles. The van der Waals surface area contributed by atoms with E-state index >= 15 is 0 Å². The van der Waals surface area contributed by atoms with Crippen molar-refractivity contribution in [2.24, 2.45) is 5.92 Å². The van der Waals surface area contributed by atoms with E-state index in [1.165, 1.54) is 7.11 Å². The minimum Gasteiger partial charge on any atom is -0.493 e. The van der Waals surface area contributed by atoms with Gasteiger partial charge in [-0.2, -0.15) is 0 Å². The van der Waals surface area contributed by atoms with Crippen molar-refractivity contribution in [1.82, 2.24) is 4.98 Å². The van der Waals surface area contributed by atoms with Crippen molar-refractivity contribution in [3.05, 3.63) is 18.3 Å². The average Bonchev–Trinajstić information content (AvgIpc) is 2.87. The van der Waals surface area contributed by atoms with Crippen LogP contribution >= 0.6 is 0 Å². The Hall–Kier alpha value is -1.78. The molecule has 1 aliphatic rings. The SMILES string of the molecule is COC(=O)C1CCN(c2ncccc2OC)C1. The van der Waals surface area contributed by atoms with E-state index in [0.717, 1.165) is 24.5 Å². The fourth-order valence-electron chi connectivity index (χ4n) is 2.09. The molecule has 0 spiro atoms. The zero-order chi connectivity index (χ0) is 12.3. The number of aromatic nitrogens is 1. The van der Waals surface area contributed by atoms with Crippen LogP contribution < -0.4 is 9.64 Å². The molecule has 0 bridgehead atoms. The standard InChI is InChI=1S/C12H16N2O3/c1-16-10-4-3-6-13-11(10)14-7-5-9(8-14)12(15)17-2/h3-4,6,9H,5,7-8H2,1-2H3. The van der Waals surface area contributed by atoms with E-state index in [2.05, 4.69) is 9.88 Å². The minimum absolute atomic E-state index is 0.0632. The number of ether oxygens (including phenoxy) is 2. The molecule has 17 heavy (non-hydrogen) atoms. The van der Waals surface area contributed by atoms with Crippen LogP contribution in [-0.2, 0) is 9.53 Å². The fourth-order valence-corrected chi connectivity index (χ4v) is 2.09. The second-order valence-electron chi connectivity index (χ2n) is 3.98. The van der Waals surface area contributed by atoms with Gasteiger partial charge in [0, 0.05) is 19.3 Å². The summed E-state index contributed by atoms with van der Waals surface area (Å²) in [6, 6.07) is 3.70. The first-order valence-electron chi connectivity index (χ1n) is 5.58. The van der Waals surface area contributed by atoms with Crippen LogP contribution in [0.5, 0.6) is 5.75 Å². The highest BCUT2D eigenvalue weighted by molar-refractivity contribution is 5.74. The van der Waals surface area contributed by atoms with Crippen molar-refractivity contribution in [3.63, 3.8) is 0 Å². The molecule has 0 N–H and O–H groups in total. The first-order chi connectivity index (χ1) is 8.26. The van der Waals surface area contributed by atoms with Gasteiger partial charge in [0.25, 0.3) is 0 Å². The quantitative estimate of drug-likeness (QED) is 0.735. The Morgan fingerprint density at radius 1 is 1.53 bits per heavy atom. The van der Waals surface area contributed by atoms with E-state index in [1.54, 1.807) is 13.3 Å². The Balaban J connectivity index is 2.12. The van der Waals surface area contributed by atoms with Crippen molar-refractivity contribution in [2.45, 2.75) is 6.42 Å². The third kappa shape index (κ3) is 2.33. The Bertz CT molecular complexity index is 408. The zero-order valence-corrected chi connectivity index (χ0v) is 10.0. The minimum atomic E-state index is -0.151. The van der Waals surface area contributed by atoms with E-state index in [1.807, 2.05) is 12.1 Å². The second kappa shape index (κ2) is 5.03. The molecule has 1 saturated heterocycles. The van der Waals surface area contributed by atoms with E-state index in [9.17, 15) is 4.79 Å². The number of anilines is 1. The van der Waals surface area contributed by atoms with Gasteiger partial charge in [0.1, 0.15) is 0 Å². The van der Waals surface area contributed by atoms with Gasteiger partial charge in [-0.15, -0.1) is 0 Å². The van der Waals surface area contributed by atoms with E-state index in [0.29, 0.717) is 6.54 Å². The van der Waals surface area contributed by atoms with Crippen LogP contribution in [0, 0.1) is 5.92 Å². The van der Waals surface area contributed by atoms with Gasteiger partial charge >= 0.3 is 5.97 Å². The highest BCUT2D eigenvalue weighted by Crippen LogP contribution is 2.29. The van der Waals surface area contributed by atoms with Gasteiger partial charge in [-0.05, 0) is 18.6 Å². The third-order valence-corrected chi connectivity index (χ3v) is 2.99. The molecule has 5 nitrogen and oxygen atoms in total. The van der Waals surface area contributed by atoms with E-state index < -0.39 is 0 Å².